The van der Waals surface area contributed by atoms with E-state index in [4.69, 9.17) is 27.7 Å². The van der Waals surface area contributed by atoms with Crippen LogP contribution in [0.15, 0.2) is 47.0 Å². The quantitative estimate of drug-likeness (QED) is 0.694. The number of anilines is 1. The van der Waals surface area contributed by atoms with Gasteiger partial charge in [0.25, 0.3) is 0 Å². The summed E-state index contributed by atoms with van der Waals surface area (Å²) in [5, 5.41) is 7.33. The van der Waals surface area contributed by atoms with Crippen molar-refractivity contribution < 1.29 is 13.7 Å². The highest BCUT2D eigenvalue weighted by molar-refractivity contribution is 6.35. The first-order valence-electron chi connectivity index (χ1n) is 7.35. The number of halogens is 3. The average molecular weight is 380 g/mol. The number of carbonyl (C=O) groups excluding carboxylic acids is 1. The van der Waals surface area contributed by atoms with Gasteiger partial charge in [-0.2, -0.15) is 4.98 Å². The first-order chi connectivity index (χ1) is 12.0. The number of nitrogens with one attached hydrogen (secondary N) is 1. The maximum absolute atomic E-state index is 13.2. The van der Waals surface area contributed by atoms with Gasteiger partial charge in [0.15, 0.2) is 0 Å². The maximum atomic E-state index is 13.2. The second-order valence-corrected chi connectivity index (χ2v) is 6.04. The lowest BCUT2D eigenvalue weighted by Gasteiger charge is -2.06. The number of hydrogen-bond acceptors (Lipinski definition) is 4. The van der Waals surface area contributed by atoms with Gasteiger partial charge in [0.1, 0.15) is 5.82 Å². The molecular weight excluding hydrogens is 368 g/mol. The Hall–Kier alpha value is -2.44. The Morgan fingerprint density at radius 3 is 2.84 bits per heavy atom. The molecule has 0 aliphatic rings. The van der Waals surface area contributed by atoms with E-state index in [1.54, 1.807) is 30.3 Å². The molecule has 0 bridgehead atoms. The summed E-state index contributed by atoms with van der Waals surface area (Å²) in [5.74, 6) is -0.101. The van der Waals surface area contributed by atoms with Crippen LogP contribution in [-0.2, 0) is 11.2 Å². The molecule has 0 aliphatic heterocycles. The summed E-state index contributed by atoms with van der Waals surface area (Å²) in [6.45, 7) is 0. The van der Waals surface area contributed by atoms with E-state index in [2.05, 4.69) is 15.5 Å². The zero-order valence-corrected chi connectivity index (χ0v) is 14.3. The third-order valence-corrected chi connectivity index (χ3v) is 3.88. The second-order valence-electron chi connectivity index (χ2n) is 5.19. The number of nitrogens with zero attached hydrogens (tertiary/aromatic N) is 2. The Bertz CT molecular complexity index is 914. The largest absolute Gasteiger partial charge is 0.339 e. The topological polar surface area (TPSA) is 68.0 Å². The highest BCUT2D eigenvalue weighted by Crippen LogP contribution is 2.25. The van der Waals surface area contributed by atoms with Crippen molar-refractivity contribution in [1.82, 2.24) is 10.1 Å². The fourth-order valence-electron chi connectivity index (χ4n) is 2.13. The van der Waals surface area contributed by atoms with Crippen LogP contribution in [-0.4, -0.2) is 16.0 Å². The summed E-state index contributed by atoms with van der Waals surface area (Å²) in [6.07, 6.45) is 0.361. The molecule has 0 aliphatic carbocycles. The van der Waals surface area contributed by atoms with E-state index < -0.39 is 0 Å². The first-order valence-corrected chi connectivity index (χ1v) is 8.10. The smallest absolute Gasteiger partial charge is 0.227 e. The number of rotatable bonds is 5. The Morgan fingerprint density at radius 1 is 1.20 bits per heavy atom. The van der Waals surface area contributed by atoms with Crippen molar-refractivity contribution in [3.05, 3.63) is 64.2 Å². The van der Waals surface area contributed by atoms with Crippen LogP contribution in [0.1, 0.15) is 12.3 Å². The lowest BCUT2D eigenvalue weighted by Crippen LogP contribution is -2.12. The van der Waals surface area contributed by atoms with Crippen LogP contribution < -0.4 is 5.32 Å². The van der Waals surface area contributed by atoms with Crippen molar-refractivity contribution in [3.8, 4) is 11.4 Å². The number of carbonyl (C=O) groups is 1. The molecule has 0 spiro atoms. The van der Waals surface area contributed by atoms with Gasteiger partial charge < -0.3 is 9.84 Å². The number of aryl methyl sites for hydroxylation is 1. The SMILES string of the molecule is O=C(CCc1nc(-c2cccc(F)c2)no1)Nc1cc(Cl)ccc1Cl. The Balaban J connectivity index is 1.60. The molecule has 1 heterocycles. The number of benzene rings is 2. The molecule has 0 atom stereocenters. The highest BCUT2D eigenvalue weighted by atomic mass is 35.5. The highest BCUT2D eigenvalue weighted by Gasteiger charge is 2.12. The first kappa shape index (κ1) is 17.4. The standard InChI is InChI=1S/C17H12Cl2FN3O2/c18-11-4-5-13(19)14(9-11)21-15(24)6-7-16-22-17(23-25-16)10-2-1-3-12(20)8-10/h1-5,8-9H,6-7H2,(H,21,24). The normalized spacial score (nSPS) is 10.7. The molecule has 0 saturated heterocycles. The zero-order valence-electron chi connectivity index (χ0n) is 12.8. The maximum Gasteiger partial charge on any atom is 0.227 e. The third kappa shape index (κ3) is 4.55. The van der Waals surface area contributed by atoms with Gasteiger partial charge in [-0.15, -0.1) is 0 Å². The summed E-state index contributed by atoms with van der Waals surface area (Å²) < 4.78 is 18.3. The minimum absolute atomic E-state index is 0.119. The molecule has 3 rings (SSSR count). The van der Waals surface area contributed by atoms with Crippen molar-refractivity contribution >= 4 is 34.8 Å². The van der Waals surface area contributed by atoms with Crippen molar-refractivity contribution in [2.45, 2.75) is 12.8 Å². The molecule has 25 heavy (non-hydrogen) atoms. The lowest BCUT2D eigenvalue weighted by molar-refractivity contribution is -0.116. The van der Waals surface area contributed by atoms with Gasteiger partial charge in [0.2, 0.25) is 17.6 Å². The molecule has 5 nitrogen and oxygen atoms in total. The number of hydrogen-bond donors (Lipinski definition) is 1. The minimum Gasteiger partial charge on any atom is -0.339 e. The van der Waals surface area contributed by atoms with Crippen molar-refractivity contribution in [2.24, 2.45) is 0 Å². The van der Waals surface area contributed by atoms with Gasteiger partial charge in [-0.05, 0) is 30.3 Å². The third-order valence-electron chi connectivity index (χ3n) is 3.32. The molecule has 0 radical (unpaired) electrons. The van der Waals surface area contributed by atoms with Crippen LogP contribution in [0.5, 0.6) is 0 Å². The van der Waals surface area contributed by atoms with E-state index >= 15 is 0 Å². The number of amides is 1. The Morgan fingerprint density at radius 2 is 2.04 bits per heavy atom. The molecule has 1 aromatic heterocycles. The fraction of sp³-hybridized carbons (Fsp3) is 0.118. The minimum atomic E-state index is -0.387. The Kier molecular flexibility index (Phi) is 5.31. The summed E-state index contributed by atoms with van der Waals surface area (Å²) >= 11 is 11.9. The molecular formula is C17H12Cl2FN3O2. The summed E-state index contributed by atoms with van der Waals surface area (Å²) in [4.78, 5) is 16.2. The molecule has 1 N–H and O–H groups in total. The molecule has 0 saturated carbocycles. The van der Waals surface area contributed by atoms with E-state index in [-0.39, 0.29) is 36.3 Å². The van der Waals surface area contributed by atoms with E-state index in [0.29, 0.717) is 21.3 Å². The van der Waals surface area contributed by atoms with Gasteiger partial charge in [0, 0.05) is 23.4 Å². The van der Waals surface area contributed by atoms with Crippen LogP contribution in [0, 0.1) is 5.82 Å². The molecule has 128 valence electrons. The van der Waals surface area contributed by atoms with Gasteiger partial charge in [0.05, 0.1) is 10.7 Å². The van der Waals surface area contributed by atoms with E-state index in [1.807, 2.05) is 0 Å². The predicted octanol–water partition coefficient (Wildman–Crippen LogP) is 4.75. The van der Waals surface area contributed by atoms with E-state index in [0.717, 1.165) is 0 Å². The predicted molar refractivity (Wildman–Crippen MR) is 93.1 cm³/mol. The summed E-state index contributed by atoms with van der Waals surface area (Å²) in [5.41, 5.74) is 0.940. The number of aromatic nitrogens is 2. The molecule has 1 amide bonds. The van der Waals surface area contributed by atoms with E-state index in [1.165, 1.54) is 12.1 Å². The van der Waals surface area contributed by atoms with Gasteiger partial charge in [-0.1, -0.05) is 40.5 Å². The van der Waals surface area contributed by atoms with Gasteiger partial charge in [-0.25, -0.2) is 4.39 Å². The van der Waals surface area contributed by atoms with Gasteiger partial charge in [-0.3, -0.25) is 4.79 Å². The fourth-order valence-corrected chi connectivity index (χ4v) is 2.46. The molecule has 0 fully saturated rings. The summed E-state index contributed by atoms with van der Waals surface area (Å²) in [6, 6.07) is 10.7. The molecule has 0 unspecified atom stereocenters. The van der Waals surface area contributed by atoms with E-state index in [9.17, 15) is 9.18 Å². The van der Waals surface area contributed by atoms with Crippen LogP contribution in [0.4, 0.5) is 10.1 Å². The zero-order chi connectivity index (χ0) is 17.8. The van der Waals surface area contributed by atoms with Crippen molar-refractivity contribution in [2.75, 3.05) is 5.32 Å². The second kappa shape index (κ2) is 7.63. The molecule has 3 aromatic rings. The molecule has 8 heteroatoms. The average Bonchev–Trinajstić information content (AvgIpc) is 3.05. The monoisotopic (exact) mass is 379 g/mol. The van der Waals surface area contributed by atoms with Crippen molar-refractivity contribution in [3.63, 3.8) is 0 Å². The van der Waals surface area contributed by atoms with Crippen LogP contribution in [0.2, 0.25) is 10.0 Å². The van der Waals surface area contributed by atoms with Crippen LogP contribution in [0.3, 0.4) is 0 Å². The lowest BCUT2D eigenvalue weighted by atomic mass is 10.2. The molecule has 2 aromatic carbocycles. The van der Waals surface area contributed by atoms with Crippen LogP contribution >= 0.6 is 23.2 Å². The Labute approximate surface area is 152 Å². The summed E-state index contributed by atoms with van der Waals surface area (Å²) in [7, 11) is 0. The van der Waals surface area contributed by atoms with Gasteiger partial charge >= 0.3 is 0 Å². The van der Waals surface area contributed by atoms with Crippen molar-refractivity contribution in [1.29, 1.82) is 0 Å². The van der Waals surface area contributed by atoms with Crippen LogP contribution in [0.25, 0.3) is 11.4 Å².